The van der Waals surface area contributed by atoms with Gasteiger partial charge < -0.3 is 26.2 Å². The van der Waals surface area contributed by atoms with Gasteiger partial charge in [-0.05, 0) is 86.3 Å². The summed E-state index contributed by atoms with van der Waals surface area (Å²) in [6.45, 7) is 4.02. The Hall–Kier alpha value is -3.93. The topological polar surface area (TPSA) is 151 Å². The molecule has 0 aliphatic heterocycles. The number of rotatable bonds is 17. The first-order chi connectivity index (χ1) is 23.0. The zero-order chi connectivity index (χ0) is 34.7. The summed E-state index contributed by atoms with van der Waals surface area (Å²) in [5.41, 5.74) is 7.51. The normalized spacial score (nSPS) is 15.5. The number of nitrogens with one attached hydrogen (secondary N) is 2. The summed E-state index contributed by atoms with van der Waals surface area (Å²) in [7, 11) is -2.62. The van der Waals surface area contributed by atoms with Crippen molar-refractivity contribution < 1.29 is 27.9 Å². The van der Waals surface area contributed by atoms with Crippen molar-refractivity contribution in [3.63, 3.8) is 0 Å². The predicted octanol–water partition coefficient (Wildman–Crippen LogP) is 5.43. The van der Waals surface area contributed by atoms with Crippen LogP contribution in [-0.2, 0) is 19.6 Å². The molecule has 48 heavy (non-hydrogen) atoms. The lowest BCUT2D eigenvalue weighted by Gasteiger charge is -2.44. The number of hydrogen-bond donors (Lipinski definition) is 4. The van der Waals surface area contributed by atoms with Crippen molar-refractivity contribution in [2.45, 2.75) is 87.2 Å². The Morgan fingerprint density at radius 3 is 2.00 bits per heavy atom. The molecule has 3 aromatic rings. The van der Waals surface area contributed by atoms with E-state index < -0.39 is 39.7 Å². The number of aliphatic hydroxyl groups excluding tert-OH is 1. The molecule has 0 aromatic heterocycles. The Bertz CT molecular complexity index is 1520. The van der Waals surface area contributed by atoms with Gasteiger partial charge in [-0.3, -0.25) is 4.79 Å². The van der Waals surface area contributed by atoms with Crippen LogP contribution in [0, 0.1) is 5.92 Å². The SMILES string of the molecule is COC(=O)N[C@H](C(=O)NC1(CCCC(CO)N(CCC(C)C)S(=O)(=O)c2ccc(N)cc2)CCC1)C(c1ccccc1)c1ccccc1. The minimum Gasteiger partial charge on any atom is -0.453 e. The van der Waals surface area contributed by atoms with Crippen molar-refractivity contribution in [3.05, 3.63) is 96.1 Å². The van der Waals surface area contributed by atoms with Gasteiger partial charge in [0.15, 0.2) is 0 Å². The van der Waals surface area contributed by atoms with Crippen LogP contribution < -0.4 is 16.4 Å². The Morgan fingerprint density at radius 2 is 1.52 bits per heavy atom. The van der Waals surface area contributed by atoms with Gasteiger partial charge in [0.25, 0.3) is 0 Å². The number of ether oxygens (including phenoxy) is 1. The van der Waals surface area contributed by atoms with Crippen molar-refractivity contribution in [2.75, 3.05) is 26.0 Å². The second-order valence-electron chi connectivity index (χ2n) is 13.1. The maximum Gasteiger partial charge on any atom is 0.407 e. The number of benzene rings is 3. The Labute approximate surface area is 285 Å². The summed E-state index contributed by atoms with van der Waals surface area (Å²) < 4.78 is 33.9. The summed E-state index contributed by atoms with van der Waals surface area (Å²) in [6.07, 6.45) is 3.99. The lowest BCUT2D eigenvalue weighted by Crippen LogP contribution is -2.60. The first-order valence-electron chi connectivity index (χ1n) is 16.7. The average Bonchev–Trinajstić information content (AvgIpc) is 3.06. The third-order valence-corrected chi connectivity index (χ3v) is 11.3. The highest BCUT2D eigenvalue weighted by Gasteiger charge is 2.42. The maximum atomic E-state index is 14.2. The molecule has 2 amide bonds. The molecule has 0 heterocycles. The van der Waals surface area contributed by atoms with Crippen molar-refractivity contribution in [1.29, 1.82) is 0 Å². The van der Waals surface area contributed by atoms with Crippen LogP contribution in [0.3, 0.4) is 0 Å². The molecule has 11 heteroatoms. The van der Waals surface area contributed by atoms with E-state index in [-0.39, 0.29) is 29.9 Å². The zero-order valence-corrected chi connectivity index (χ0v) is 29.0. The summed E-state index contributed by atoms with van der Waals surface area (Å²) >= 11 is 0. The molecule has 3 aromatic carbocycles. The van der Waals surface area contributed by atoms with Crippen LogP contribution in [0.15, 0.2) is 89.8 Å². The van der Waals surface area contributed by atoms with Gasteiger partial charge in [0.05, 0.1) is 18.6 Å². The molecule has 2 atom stereocenters. The monoisotopic (exact) mass is 678 g/mol. The van der Waals surface area contributed by atoms with Crippen LogP contribution in [0.25, 0.3) is 0 Å². The maximum absolute atomic E-state index is 14.2. The number of sulfonamides is 1. The van der Waals surface area contributed by atoms with E-state index in [1.165, 1.54) is 23.5 Å². The first kappa shape index (κ1) is 36.9. The number of nitrogens with zero attached hydrogens (tertiary/aromatic N) is 1. The van der Waals surface area contributed by atoms with Gasteiger partial charge in [0.1, 0.15) is 6.04 Å². The minimum absolute atomic E-state index is 0.136. The molecule has 1 saturated carbocycles. The van der Waals surface area contributed by atoms with Gasteiger partial charge in [-0.25, -0.2) is 13.2 Å². The van der Waals surface area contributed by atoms with E-state index in [9.17, 15) is 23.1 Å². The second kappa shape index (κ2) is 16.9. The molecule has 1 aliphatic carbocycles. The van der Waals surface area contributed by atoms with Crippen molar-refractivity contribution in [1.82, 2.24) is 14.9 Å². The fourth-order valence-electron chi connectivity index (χ4n) is 6.43. The molecule has 0 bridgehead atoms. The van der Waals surface area contributed by atoms with Gasteiger partial charge in [0, 0.05) is 29.7 Å². The highest BCUT2D eigenvalue weighted by molar-refractivity contribution is 7.89. The lowest BCUT2D eigenvalue weighted by atomic mass is 9.72. The molecule has 0 saturated heterocycles. The standard InChI is InChI=1S/C37H50N4O6S/c1-27(2)21-25-41(48(45,46)32-19-17-30(38)18-20-32)31(26-42)16-10-22-37(23-11-24-37)40-35(43)34(39-36(44)47-3)33(28-12-6-4-7-13-28)29-14-8-5-9-15-29/h4-9,12-15,17-20,27,31,33-34,42H,10-11,16,21-26,38H2,1-3H3,(H,39,44)(H,40,43)/t31?,34-/m0/s1. The van der Waals surface area contributed by atoms with E-state index in [4.69, 9.17) is 10.5 Å². The first-order valence-corrected chi connectivity index (χ1v) is 18.2. The Kier molecular flexibility index (Phi) is 13.0. The number of aliphatic hydroxyl groups is 1. The van der Waals surface area contributed by atoms with E-state index >= 15 is 0 Å². The molecule has 260 valence electrons. The van der Waals surface area contributed by atoms with Crippen LogP contribution in [0.2, 0.25) is 0 Å². The number of anilines is 1. The minimum atomic E-state index is -3.89. The number of amides is 2. The quantitative estimate of drug-likeness (QED) is 0.139. The Balaban J connectivity index is 1.53. The average molecular weight is 679 g/mol. The highest BCUT2D eigenvalue weighted by Crippen LogP contribution is 2.38. The van der Waals surface area contributed by atoms with E-state index in [2.05, 4.69) is 10.6 Å². The molecular weight excluding hydrogens is 628 g/mol. The smallest absolute Gasteiger partial charge is 0.407 e. The molecule has 10 nitrogen and oxygen atoms in total. The summed E-state index contributed by atoms with van der Waals surface area (Å²) in [4.78, 5) is 26.9. The van der Waals surface area contributed by atoms with Crippen LogP contribution in [-0.4, -0.2) is 67.7 Å². The lowest BCUT2D eigenvalue weighted by molar-refractivity contribution is -0.126. The number of methoxy groups -OCH3 is 1. The number of alkyl carbamates (subject to hydrolysis) is 1. The second-order valence-corrected chi connectivity index (χ2v) is 15.0. The van der Waals surface area contributed by atoms with Crippen LogP contribution in [0.4, 0.5) is 10.5 Å². The van der Waals surface area contributed by atoms with E-state index in [1.54, 1.807) is 12.1 Å². The van der Waals surface area contributed by atoms with Crippen LogP contribution in [0.5, 0.6) is 0 Å². The third kappa shape index (κ3) is 9.36. The zero-order valence-electron chi connectivity index (χ0n) is 28.2. The third-order valence-electron chi connectivity index (χ3n) is 9.32. The summed E-state index contributed by atoms with van der Waals surface area (Å²) in [5.74, 6) is -0.527. The van der Waals surface area contributed by atoms with Crippen LogP contribution >= 0.6 is 0 Å². The molecule has 1 fully saturated rings. The molecule has 1 aliphatic rings. The molecular formula is C37H50N4O6S. The largest absolute Gasteiger partial charge is 0.453 e. The number of nitrogen functional groups attached to an aromatic ring is 1. The van der Waals surface area contributed by atoms with Crippen LogP contribution in [0.1, 0.15) is 75.8 Å². The molecule has 0 radical (unpaired) electrons. The predicted molar refractivity (Wildman–Crippen MR) is 188 cm³/mol. The van der Waals surface area contributed by atoms with Crippen molar-refractivity contribution in [2.24, 2.45) is 5.92 Å². The van der Waals surface area contributed by atoms with E-state index in [0.29, 0.717) is 31.4 Å². The van der Waals surface area contributed by atoms with Crippen molar-refractivity contribution >= 4 is 27.7 Å². The number of hydrogen-bond acceptors (Lipinski definition) is 7. The van der Waals surface area contributed by atoms with Gasteiger partial charge in [-0.15, -0.1) is 0 Å². The van der Waals surface area contributed by atoms with Gasteiger partial charge in [0.2, 0.25) is 15.9 Å². The summed E-state index contributed by atoms with van der Waals surface area (Å²) in [6, 6.07) is 23.7. The number of carbonyl (C=O) groups excluding carboxylic acids is 2. The molecule has 0 spiro atoms. The van der Waals surface area contributed by atoms with E-state index in [1.807, 2.05) is 74.5 Å². The number of nitrogens with two attached hydrogens (primary N) is 1. The van der Waals surface area contributed by atoms with Gasteiger partial charge in [-0.1, -0.05) is 74.5 Å². The summed E-state index contributed by atoms with van der Waals surface area (Å²) in [5, 5.41) is 16.6. The molecule has 1 unspecified atom stereocenters. The Morgan fingerprint density at radius 1 is 0.938 bits per heavy atom. The molecule has 4 rings (SSSR count). The van der Waals surface area contributed by atoms with Crippen molar-refractivity contribution in [3.8, 4) is 0 Å². The van der Waals surface area contributed by atoms with Gasteiger partial charge >= 0.3 is 6.09 Å². The highest BCUT2D eigenvalue weighted by atomic mass is 32.2. The fraction of sp³-hybridized carbons (Fsp3) is 0.459. The van der Waals surface area contributed by atoms with Gasteiger partial charge in [-0.2, -0.15) is 4.31 Å². The fourth-order valence-corrected chi connectivity index (χ4v) is 8.09. The van der Waals surface area contributed by atoms with E-state index in [0.717, 1.165) is 30.4 Å². The molecule has 5 N–H and O–H groups in total. The number of carbonyl (C=O) groups is 2.